The van der Waals surface area contributed by atoms with Crippen molar-refractivity contribution in [2.75, 3.05) is 6.54 Å². The summed E-state index contributed by atoms with van der Waals surface area (Å²) in [7, 11) is 0. The van der Waals surface area contributed by atoms with Crippen LogP contribution in [0.4, 0.5) is 4.39 Å². The minimum absolute atomic E-state index is 0.223. The van der Waals surface area contributed by atoms with Gasteiger partial charge in [-0.15, -0.1) is 0 Å². The Labute approximate surface area is 77.4 Å². The minimum atomic E-state index is -0.347. The van der Waals surface area contributed by atoms with Crippen LogP contribution in [0.5, 0.6) is 0 Å². The summed E-state index contributed by atoms with van der Waals surface area (Å²) in [5.74, 6) is -0.223. The van der Waals surface area contributed by atoms with Crippen molar-refractivity contribution in [3.8, 4) is 0 Å². The predicted octanol–water partition coefficient (Wildman–Crippen LogP) is 1.30. The second-order valence-corrected chi connectivity index (χ2v) is 3.11. The smallest absolute Gasteiger partial charge is 0.123 e. The van der Waals surface area contributed by atoms with Crippen LogP contribution in [0.15, 0.2) is 24.3 Å². The van der Waals surface area contributed by atoms with Gasteiger partial charge in [-0.1, -0.05) is 12.1 Å². The molecule has 1 aromatic carbocycles. The summed E-state index contributed by atoms with van der Waals surface area (Å²) >= 11 is 0. The van der Waals surface area contributed by atoms with Crippen LogP contribution in [0.25, 0.3) is 0 Å². The third kappa shape index (κ3) is 4.01. The van der Waals surface area contributed by atoms with E-state index in [1.54, 1.807) is 19.1 Å². The van der Waals surface area contributed by atoms with Crippen molar-refractivity contribution in [1.82, 2.24) is 5.32 Å². The highest BCUT2D eigenvalue weighted by atomic mass is 19.1. The summed E-state index contributed by atoms with van der Waals surface area (Å²) < 4.78 is 12.5. The Morgan fingerprint density at radius 3 is 2.54 bits per heavy atom. The lowest BCUT2D eigenvalue weighted by Crippen LogP contribution is -2.23. The summed E-state index contributed by atoms with van der Waals surface area (Å²) in [6.07, 6.45) is -0.347. The van der Waals surface area contributed by atoms with Crippen LogP contribution in [0.2, 0.25) is 0 Å². The molecule has 0 amide bonds. The number of aliphatic hydroxyl groups excluding tert-OH is 1. The van der Waals surface area contributed by atoms with Gasteiger partial charge in [0, 0.05) is 13.1 Å². The molecule has 1 rings (SSSR count). The number of benzene rings is 1. The van der Waals surface area contributed by atoms with Crippen LogP contribution in [0.3, 0.4) is 0 Å². The highest BCUT2D eigenvalue weighted by molar-refractivity contribution is 5.15. The van der Waals surface area contributed by atoms with Crippen molar-refractivity contribution in [3.05, 3.63) is 35.6 Å². The molecule has 0 aliphatic carbocycles. The zero-order chi connectivity index (χ0) is 9.68. The predicted molar refractivity (Wildman–Crippen MR) is 49.8 cm³/mol. The third-order valence-electron chi connectivity index (χ3n) is 1.68. The molecule has 1 aromatic rings. The first kappa shape index (κ1) is 10.2. The molecule has 0 unspecified atom stereocenters. The Morgan fingerprint density at radius 1 is 1.38 bits per heavy atom. The number of aliphatic hydroxyl groups is 1. The molecule has 13 heavy (non-hydrogen) atoms. The zero-order valence-electron chi connectivity index (χ0n) is 7.63. The molecule has 0 fully saturated rings. The van der Waals surface area contributed by atoms with E-state index in [9.17, 15) is 4.39 Å². The van der Waals surface area contributed by atoms with Gasteiger partial charge in [0.15, 0.2) is 0 Å². The molecule has 0 heterocycles. The van der Waals surface area contributed by atoms with Crippen LogP contribution >= 0.6 is 0 Å². The fraction of sp³-hybridized carbons (Fsp3) is 0.400. The van der Waals surface area contributed by atoms with Gasteiger partial charge in [0.1, 0.15) is 5.82 Å². The van der Waals surface area contributed by atoms with Gasteiger partial charge in [0.05, 0.1) is 6.10 Å². The van der Waals surface area contributed by atoms with Gasteiger partial charge in [-0.2, -0.15) is 0 Å². The van der Waals surface area contributed by atoms with Crippen LogP contribution in [-0.4, -0.2) is 17.8 Å². The first-order valence-corrected chi connectivity index (χ1v) is 4.31. The fourth-order valence-corrected chi connectivity index (χ4v) is 1.03. The second-order valence-electron chi connectivity index (χ2n) is 3.11. The fourth-order valence-electron chi connectivity index (χ4n) is 1.03. The van der Waals surface area contributed by atoms with E-state index in [0.717, 1.165) is 5.56 Å². The molecular weight excluding hydrogens is 169 g/mol. The van der Waals surface area contributed by atoms with Crippen LogP contribution < -0.4 is 5.32 Å². The molecule has 0 spiro atoms. The number of hydrogen-bond donors (Lipinski definition) is 2. The average molecular weight is 183 g/mol. The highest BCUT2D eigenvalue weighted by Crippen LogP contribution is 2.01. The molecule has 0 aromatic heterocycles. The van der Waals surface area contributed by atoms with Gasteiger partial charge >= 0.3 is 0 Å². The monoisotopic (exact) mass is 183 g/mol. The molecule has 0 saturated carbocycles. The molecule has 2 nitrogen and oxygen atoms in total. The van der Waals surface area contributed by atoms with Crippen molar-refractivity contribution < 1.29 is 9.50 Å². The standard InChI is InChI=1S/C10H14FNO/c1-8(13)6-12-7-9-2-4-10(11)5-3-9/h2-5,8,12-13H,6-7H2,1H3/t8-/m1/s1. The van der Waals surface area contributed by atoms with E-state index in [2.05, 4.69) is 5.32 Å². The van der Waals surface area contributed by atoms with Gasteiger partial charge in [0.2, 0.25) is 0 Å². The number of hydrogen-bond acceptors (Lipinski definition) is 2. The number of rotatable bonds is 4. The van der Waals surface area contributed by atoms with Gasteiger partial charge < -0.3 is 10.4 Å². The lowest BCUT2D eigenvalue weighted by Gasteiger charge is -2.06. The Balaban J connectivity index is 2.33. The maximum absolute atomic E-state index is 12.5. The molecule has 0 radical (unpaired) electrons. The first-order chi connectivity index (χ1) is 6.18. The molecular formula is C10H14FNO. The molecule has 0 saturated heterocycles. The molecule has 3 heteroatoms. The molecule has 2 N–H and O–H groups in total. The number of halogens is 1. The van der Waals surface area contributed by atoms with Gasteiger partial charge in [0.25, 0.3) is 0 Å². The molecule has 0 bridgehead atoms. The van der Waals surface area contributed by atoms with Crippen molar-refractivity contribution in [2.45, 2.75) is 19.6 Å². The highest BCUT2D eigenvalue weighted by Gasteiger charge is 1.95. The second kappa shape index (κ2) is 4.94. The van der Waals surface area contributed by atoms with Crippen molar-refractivity contribution in [1.29, 1.82) is 0 Å². The molecule has 0 aliphatic heterocycles. The molecule has 0 aliphatic rings. The third-order valence-corrected chi connectivity index (χ3v) is 1.68. The Bertz CT molecular complexity index is 246. The zero-order valence-corrected chi connectivity index (χ0v) is 7.63. The van der Waals surface area contributed by atoms with Gasteiger partial charge in [-0.3, -0.25) is 0 Å². The average Bonchev–Trinajstić information content (AvgIpc) is 2.08. The normalized spacial score (nSPS) is 12.8. The quantitative estimate of drug-likeness (QED) is 0.737. The SMILES string of the molecule is C[C@@H](O)CNCc1ccc(F)cc1. The Morgan fingerprint density at radius 2 is 2.00 bits per heavy atom. The van der Waals surface area contributed by atoms with E-state index in [4.69, 9.17) is 5.11 Å². The Kier molecular flexibility index (Phi) is 3.86. The minimum Gasteiger partial charge on any atom is -0.392 e. The lowest BCUT2D eigenvalue weighted by molar-refractivity contribution is 0.191. The largest absolute Gasteiger partial charge is 0.392 e. The van der Waals surface area contributed by atoms with E-state index in [1.165, 1.54) is 12.1 Å². The lowest BCUT2D eigenvalue weighted by atomic mass is 10.2. The van der Waals surface area contributed by atoms with Gasteiger partial charge in [-0.25, -0.2) is 4.39 Å². The van der Waals surface area contributed by atoms with Gasteiger partial charge in [-0.05, 0) is 24.6 Å². The van der Waals surface area contributed by atoms with Crippen molar-refractivity contribution >= 4 is 0 Å². The molecule has 1 atom stereocenters. The summed E-state index contributed by atoms with van der Waals surface area (Å²) in [5, 5.41) is 12.0. The van der Waals surface area contributed by atoms with Crippen LogP contribution in [-0.2, 0) is 6.54 Å². The summed E-state index contributed by atoms with van der Waals surface area (Å²) in [6, 6.07) is 6.31. The molecule has 72 valence electrons. The van der Waals surface area contributed by atoms with E-state index < -0.39 is 0 Å². The van der Waals surface area contributed by atoms with E-state index >= 15 is 0 Å². The van der Waals surface area contributed by atoms with E-state index in [0.29, 0.717) is 13.1 Å². The van der Waals surface area contributed by atoms with E-state index in [-0.39, 0.29) is 11.9 Å². The van der Waals surface area contributed by atoms with Crippen LogP contribution in [0.1, 0.15) is 12.5 Å². The van der Waals surface area contributed by atoms with Crippen LogP contribution in [0, 0.1) is 5.82 Å². The van der Waals surface area contributed by atoms with Crippen molar-refractivity contribution in [2.24, 2.45) is 0 Å². The number of nitrogens with one attached hydrogen (secondary N) is 1. The maximum atomic E-state index is 12.5. The summed E-state index contributed by atoms with van der Waals surface area (Å²) in [5.41, 5.74) is 1.02. The maximum Gasteiger partial charge on any atom is 0.123 e. The topological polar surface area (TPSA) is 32.3 Å². The summed E-state index contributed by atoms with van der Waals surface area (Å²) in [4.78, 5) is 0. The van der Waals surface area contributed by atoms with Crippen molar-refractivity contribution in [3.63, 3.8) is 0 Å². The first-order valence-electron chi connectivity index (χ1n) is 4.31. The van der Waals surface area contributed by atoms with E-state index in [1.807, 2.05) is 0 Å². The Hall–Kier alpha value is -0.930. The summed E-state index contributed by atoms with van der Waals surface area (Å²) in [6.45, 7) is 2.93.